The van der Waals surface area contributed by atoms with Gasteiger partial charge in [-0.1, -0.05) is 30.3 Å². The normalized spacial score (nSPS) is 15.9. The van der Waals surface area contributed by atoms with Crippen molar-refractivity contribution >= 4 is 5.91 Å². The standard InChI is InChI=1S/C17H16FNO2/c1-12(13-6-8-15(18)9-7-13)19-10-14-4-2-3-5-16(14)21-11-17(19)20/h2-9,12H,10-11H2,1H3. The molecule has 0 saturated heterocycles. The lowest BCUT2D eigenvalue weighted by Gasteiger charge is -2.28. The van der Waals surface area contributed by atoms with Crippen molar-refractivity contribution in [2.24, 2.45) is 0 Å². The van der Waals surface area contributed by atoms with Gasteiger partial charge in [0.1, 0.15) is 11.6 Å². The van der Waals surface area contributed by atoms with Gasteiger partial charge in [-0.15, -0.1) is 0 Å². The average Bonchev–Trinajstić information content (AvgIpc) is 2.67. The molecule has 2 aromatic rings. The summed E-state index contributed by atoms with van der Waals surface area (Å²) in [4.78, 5) is 14.1. The van der Waals surface area contributed by atoms with Gasteiger partial charge < -0.3 is 9.64 Å². The molecule has 1 atom stereocenters. The molecule has 1 amide bonds. The lowest BCUT2D eigenvalue weighted by atomic mass is 10.1. The van der Waals surface area contributed by atoms with E-state index in [1.165, 1.54) is 12.1 Å². The second kappa shape index (κ2) is 5.56. The fraction of sp³-hybridized carbons (Fsp3) is 0.235. The lowest BCUT2D eigenvalue weighted by molar-refractivity contribution is -0.135. The van der Waals surface area contributed by atoms with Crippen LogP contribution in [0.15, 0.2) is 48.5 Å². The van der Waals surface area contributed by atoms with Gasteiger partial charge in [0, 0.05) is 5.56 Å². The molecule has 0 radical (unpaired) electrons. The molecule has 3 rings (SSSR count). The summed E-state index contributed by atoms with van der Waals surface area (Å²) in [7, 11) is 0. The van der Waals surface area contributed by atoms with Crippen molar-refractivity contribution in [3.8, 4) is 5.75 Å². The van der Waals surface area contributed by atoms with Gasteiger partial charge >= 0.3 is 0 Å². The van der Waals surface area contributed by atoms with Crippen molar-refractivity contribution in [2.45, 2.75) is 19.5 Å². The fourth-order valence-corrected chi connectivity index (χ4v) is 2.54. The molecular formula is C17H16FNO2. The van der Waals surface area contributed by atoms with Gasteiger partial charge in [-0.3, -0.25) is 4.79 Å². The summed E-state index contributed by atoms with van der Waals surface area (Å²) in [5, 5.41) is 0. The Hall–Kier alpha value is -2.36. The summed E-state index contributed by atoms with van der Waals surface area (Å²) >= 11 is 0. The first-order valence-electron chi connectivity index (χ1n) is 6.91. The summed E-state index contributed by atoms with van der Waals surface area (Å²) < 4.78 is 18.6. The molecule has 0 aromatic heterocycles. The van der Waals surface area contributed by atoms with Crippen molar-refractivity contribution in [2.75, 3.05) is 6.61 Å². The molecule has 108 valence electrons. The number of benzene rings is 2. The van der Waals surface area contributed by atoms with Gasteiger partial charge in [0.15, 0.2) is 6.61 Å². The first-order chi connectivity index (χ1) is 10.1. The topological polar surface area (TPSA) is 29.5 Å². The number of amides is 1. The average molecular weight is 285 g/mol. The van der Waals surface area contributed by atoms with E-state index >= 15 is 0 Å². The third-order valence-corrected chi connectivity index (χ3v) is 3.80. The summed E-state index contributed by atoms with van der Waals surface area (Å²) in [6, 6.07) is 13.8. The van der Waals surface area contributed by atoms with Crippen molar-refractivity contribution in [3.63, 3.8) is 0 Å². The van der Waals surface area contributed by atoms with Gasteiger partial charge in [-0.25, -0.2) is 4.39 Å². The summed E-state index contributed by atoms with van der Waals surface area (Å²) in [6.07, 6.45) is 0. The van der Waals surface area contributed by atoms with Crippen LogP contribution in [0.2, 0.25) is 0 Å². The number of fused-ring (bicyclic) bond motifs is 1. The van der Waals surface area contributed by atoms with Crippen LogP contribution in [-0.2, 0) is 11.3 Å². The molecule has 0 saturated carbocycles. The van der Waals surface area contributed by atoms with Gasteiger partial charge in [0.25, 0.3) is 5.91 Å². The predicted molar refractivity (Wildman–Crippen MR) is 77.3 cm³/mol. The Morgan fingerprint density at radius 3 is 2.62 bits per heavy atom. The Bertz CT molecular complexity index is 654. The van der Waals surface area contributed by atoms with E-state index < -0.39 is 0 Å². The molecule has 0 fully saturated rings. The molecule has 0 spiro atoms. The van der Waals surface area contributed by atoms with Crippen LogP contribution in [-0.4, -0.2) is 17.4 Å². The number of nitrogens with zero attached hydrogens (tertiary/aromatic N) is 1. The smallest absolute Gasteiger partial charge is 0.261 e. The molecule has 0 bridgehead atoms. The SMILES string of the molecule is CC(c1ccc(F)cc1)N1Cc2ccccc2OCC1=O. The zero-order valence-electron chi connectivity index (χ0n) is 11.8. The van der Waals surface area contributed by atoms with E-state index in [-0.39, 0.29) is 24.4 Å². The van der Waals surface area contributed by atoms with Gasteiger partial charge in [0.05, 0.1) is 12.6 Å². The van der Waals surface area contributed by atoms with Crippen LogP contribution in [0.25, 0.3) is 0 Å². The third kappa shape index (κ3) is 2.75. The molecule has 1 aliphatic rings. The number of halogens is 1. The maximum atomic E-state index is 13.0. The lowest BCUT2D eigenvalue weighted by Crippen LogP contribution is -2.34. The van der Waals surface area contributed by atoms with Crippen LogP contribution in [0, 0.1) is 5.82 Å². The van der Waals surface area contributed by atoms with Gasteiger partial charge in [-0.05, 0) is 30.7 Å². The molecule has 1 unspecified atom stereocenters. The molecular weight excluding hydrogens is 269 g/mol. The van der Waals surface area contributed by atoms with E-state index in [1.54, 1.807) is 17.0 Å². The van der Waals surface area contributed by atoms with Gasteiger partial charge in [-0.2, -0.15) is 0 Å². The van der Waals surface area contributed by atoms with E-state index in [0.29, 0.717) is 6.54 Å². The Morgan fingerprint density at radius 2 is 1.86 bits per heavy atom. The molecule has 21 heavy (non-hydrogen) atoms. The molecule has 4 heteroatoms. The highest BCUT2D eigenvalue weighted by Crippen LogP contribution is 2.29. The Balaban J connectivity index is 1.89. The first-order valence-corrected chi connectivity index (χ1v) is 6.91. The first kappa shape index (κ1) is 13.6. The summed E-state index contributed by atoms with van der Waals surface area (Å²) in [5.41, 5.74) is 1.89. The van der Waals surface area contributed by atoms with Crippen molar-refractivity contribution in [3.05, 3.63) is 65.5 Å². The van der Waals surface area contributed by atoms with Crippen molar-refractivity contribution in [1.82, 2.24) is 4.90 Å². The predicted octanol–water partition coefficient (Wildman–Crippen LogP) is 3.31. The third-order valence-electron chi connectivity index (χ3n) is 3.80. The number of carbonyl (C=O) groups is 1. The zero-order valence-corrected chi connectivity index (χ0v) is 11.8. The number of hydrogen-bond donors (Lipinski definition) is 0. The van der Waals surface area contributed by atoms with E-state index in [0.717, 1.165) is 16.9 Å². The second-order valence-corrected chi connectivity index (χ2v) is 5.15. The summed E-state index contributed by atoms with van der Waals surface area (Å²) in [6.45, 7) is 2.47. The number of hydrogen-bond acceptors (Lipinski definition) is 2. The highest BCUT2D eigenvalue weighted by atomic mass is 19.1. The maximum Gasteiger partial charge on any atom is 0.261 e. The Kier molecular flexibility index (Phi) is 3.60. The van der Waals surface area contributed by atoms with E-state index in [4.69, 9.17) is 4.74 Å². The quantitative estimate of drug-likeness (QED) is 0.847. The van der Waals surface area contributed by atoms with Crippen LogP contribution in [0.4, 0.5) is 4.39 Å². The minimum absolute atomic E-state index is 0.0303. The number of carbonyl (C=O) groups excluding carboxylic acids is 1. The molecule has 3 nitrogen and oxygen atoms in total. The number of para-hydroxylation sites is 1. The highest BCUT2D eigenvalue weighted by Gasteiger charge is 2.26. The van der Waals surface area contributed by atoms with Crippen LogP contribution >= 0.6 is 0 Å². The van der Waals surface area contributed by atoms with Crippen molar-refractivity contribution < 1.29 is 13.9 Å². The molecule has 0 aliphatic carbocycles. The molecule has 1 aliphatic heterocycles. The van der Waals surface area contributed by atoms with Crippen LogP contribution in [0.1, 0.15) is 24.1 Å². The minimum atomic E-state index is -0.276. The highest BCUT2D eigenvalue weighted by molar-refractivity contribution is 5.79. The molecule has 0 N–H and O–H groups in total. The minimum Gasteiger partial charge on any atom is -0.483 e. The van der Waals surface area contributed by atoms with E-state index in [2.05, 4.69) is 0 Å². The maximum absolute atomic E-state index is 13.0. The fourth-order valence-electron chi connectivity index (χ4n) is 2.54. The van der Waals surface area contributed by atoms with Crippen LogP contribution in [0.3, 0.4) is 0 Å². The molecule has 1 heterocycles. The summed E-state index contributed by atoms with van der Waals surface area (Å²) in [5.74, 6) is 0.407. The largest absolute Gasteiger partial charge is 0.483 e. The van der Waals surface area contributed by atoms with E-state index in [9.17, 15) is 9.18 Å². The number of rotatable bonds is 2. The van der Waals surface area contributed by atoms with Crippen LogP contribution < -0.4 is 4.74 Å². The Morgan fingerprint density at radius 1 is 1.14 bits per heavy atom. The zero-order chi connectivity index (χ0) is 14.8. The number of ether oxygens (including phenoxy) is 1. The molecule has 2 aromatic carbocycles. The van der Waals surface area contributed by atoms with Crippen molar-refractivity contribution in [1.29, 1.82) is 0 Å². The van der Waals surface area contributed by atoms with Gasteiger partial charge in [0.2, 0.25) is 0 Å². The monoisotopic (exact) mass is 285 g/mol. The Labute approximate surface area is 123 Å². The van der Waals surface area contributed by atoms with Crippen LogP contribution in [0.5, 0.6) is 5.75 Å². The van der Waals surface area contributed by atoms with E-state index in [1.807, 2.05) is 31.2 Å². The second-order valence-electron chi connectivity index (χ2n) is 5.15.